The predicted octanol–water partition coefficient (Wildman–Crippen LogP) is 6.16. The molecule has 0 unspecified atom stereocenters. The van der Waals surface area contributed by atoms with E-state index in [0.29, 0.717) is 33.9 Å². The molecule has 0 saturated heterocycles. The summed E-state index contributed by atoms with van der Waals surface area (Å²) in [7, 11) is 0. The van der Waals surface area contributed by atoms with Crippen molar-refractivity contribution in [3.8, 4) is 17.0 Å². The maximum absolute atomic E-state index is 12.8. The third kappa shape index (κ3) is 5.49. The molecule has 0 saturated carbocycles. The van der Waals surface area contributed by atoms with Gasteiger partial charge in [-0.25, -0.2) is 10.2 Å². The van der Waals surface area contributed by atoms with E-state index in [1.165, 1.54) is 6.21 Å². The van der Waals surface area contributed by atoms with Crippen LogP contribution in [-0.4, -0.2) is 23.2 Å². The molecule has 9 heteroatoms. The number of aryl methyl sites for hydroxylation is 1. The van der Waals surface area contributed by atoms with Crippen LogP contribution in [0.5, 0.6) is 5.75 Å². The highest BCUT2D eigenvalue weighted by Crippen LogP contribution is 2.25. The van der Waals surface area contributed by atoms with E-state index in [9.17, 15) is 9.59 Å². The summed E-state index contributed by atoms with van der Waals surface area (Å²) < 4.78 is 12.4. The number of hydrazone groups is 1. The molecule has 0 bridgehead atoms. The van der Waals surface area contributed by atoms with Crippen LogP contribution in [0.1, 0.15) is 32.0 Å². The Morgan fingerprint density at radius 2 is 1.71 bits per heavy atom. The average Bonchev–Trinajstić information content (AvgIpc) is 3.23. The lowest BCUT2D eigenvalue weighted by atomic mass is 10.1. The Morgan fingerprint density at radius 3 is 2.44 bits per heavy atom. The molecule has 3 aromatic carbocycles. The Labute approximate surface area is 212 Å². The molecule has 34 heavy (non-hydrogen) atoms. The minimum Gasteiger partial charge on any atom is -0.422 e. The van der Waals surface area contributed by atoms with E-state index in [-0.39, 0.29) is 0 Å². The molecule has 1 heterocycles. The molecule has 1 amide bonds. The van der Waals surface area contributed by atoms with Crippen molar-refractivity contribution in [3.05, 3.63) is 104 Å². The first kappa shape index (κ1) is 23.6. The predicted molar refractivity (Wildman–Crippen MR) is 135 cm³/mol. The molecular formula is C25H17Br2N3O4. The summed E-state index contributed by atoms with van der Waals surface area (Å²) in [4.78, 5) is 25.4. The SMILES string of the molecule is Cc1onc(-c2ccccc2)c1C(=O)N/N=C\c1cc(Br)ccc1OC(=O)c1ccc(Br)cc1. The first-order valence-corrected chi connectivity index (χ1v) is 11.6. The number of amides is 1. The van der Waals surface area contributed by atoms with Gasteiger partial charge in [0.2, 0.25) is 0 Å². The molecule has 1 N–H and O–H groups in total. The van der Waals surface area contributed by atoms with Gasteiger partial charge in [0.1, 0.15) is 22.8 Å². The van der Waals surface area contributed by atoms with E-state index in [1.54, 1.807) is 49.4 Å². The van der Waals surface area contributed by atoms with Crippen molar-refractivity contribution in [2.75, 3.05) is 0 Å². The van der Waals surface area contributed by atoms with Gasteiger partial charge in [-0.05, 0) is 49.4 Å². The molecule has 0 aliphatic rings. The van der Waals surface area contributed by atoms with Gasteiger partial charge >= 0.3 is 5.97 Å². The van der Waals surface area contributed by atoms with Crippen molar-refractivity contribution in [2.24, 2.45) is 5.10 Å². The average molecular weight is 583 g/mol. The van der Waals surface area contributed by atoms with Crippen LogP contribution in [0.15, 0.2) is 91.4 Å². The maximum Gasteiger partial charge on any atom is 0.343 e. The number of rotatable bonds is 6. The first-order valence-electron chi connectivity index (χ1n) is 10.0. The van der Waals surface area contributed by atoms with Crippen molar-refractivity contribution in [3.63, 3.8) is 0 Å². The zero-order chi connectivity index (χ0) is 24.1. The quantitative estimate of drug-likeness (QED) is 0.127. The van der Waals surface area contributed by atoms with Crippen LogP contribution in [0.4, 0.5) is 0 Å². The smallest absolute Gasteiger partial charge is 0.343 e. The standard InChI is InChI=1S/C25H17Br2N3O4/c1-15-22(23(30-34-15)16-5-3-2-4-6-16)24(31)29-28-14-18-13-20(27)11-12-21(18)33-25(32)17-7-9-19(26)10-8-17/h2-14H,1H3,(H,29,31)/b28-14-. The number of hydrogen-bond donors (Lipinski definition) is 1. The minimum atomic E-state index is -0.513. The second kappa shape index (κ2) is 10.6. The maximum atomic E-state index is 12.8. The third-order valence-electron chi connectivity index (χ3n) is 4.76. The Morgan fingerprint density at radius 1 is 1.00 bits per heavy atom. The van der Waals surface area contributed by atoms with Gasteiger partial charge in [-0.2, -0.15) is 5.10 Å². The molecule has 0 fully saturated rings. The van der Waals surface area contributed by atoms with Crippen LogP contribution in [0.25, 0.3) is 11.3 Å². The summed E-state index contributed by atoms with van der Waals surface area (Å²) in [6.45, 7) is 1.66. The minimum absolute atomic E-state index is 0.291. The van der Waals surface area contributed by atoms with Crippen molar-refractivity contribution in [1.82, 2.24) is 10.6 Å². The Kier molecular flexibility index (Phi) is 7.34. The number of halogens is 2. The van der Waals surface area contributed by atoms with Crippen molar-refractivity contribution in [2.45, 2.75) is 6.92 Å². The van der Waals surface area contributed by atoms with Crippen LogP contribution in [0.2, 0.25) is 0 Å². The molecule has 4 aromatic rings. The van der Waals surface area contributed by atoms with Gasteiger partial charge in [-0.3, -0.25) is 4.79 Å². The third-order valence-corrected chi connectivity index (χ3v) is 5.78. The van der Waals surface area contributed by atoms with E-state index in [0.717, 1.165) is 14.5 Å². The van der Waals surface area contributed by atoms with Gasteiger partial charge in [-0.15, -0.1) is 0 Å². The van der Waals surface area contributed by atoms with Gasteiger partial charge in [-0.1, -0.05) is 67.3 Å². The van der Waals surface area contributed by atoms with Crippen LogP contribution in [-0.2, 0) is 0 Å². The topological polar surface area (TPSA) is 93.8 Å². The van der Waals surface area contributed by atoms with Crippen molar-refractivity contribution in [1.29, 1.82) is 0 Å². The normalized spacial score (nSPS) is 10.9. The van der Waals surface area contributed by atoms with Gasteiger partial charge in [0.15, 0.2) is 0 Å². The second-order valence-electron chi connectivity index (χ2n) is 7.11. The fraction of sp³-hybridized carbons (Fsp3) is 0.0400. The number of benzene rings is 3. The fourth-order valence-corrected chi connectivity index (χ4v) is 3.75. The molecule has 0 atom stereocenters. The zero-order valence-electron chi connectivity index (χ0n) is 17.8. The van der Waals surface area contributed by atoms with Gasteiger partial charge < -0.3 is 9.26 Å². The summed E-state index contributed by atoms with van der Waals surface area (Å²) in [6, 6.07) is 21.2. The van der Waals surface area contributed by atoms with Crippen molar-refractivity contribution >= 4 is 50.0 Å². The molecule has 4 rings (SSSR count). The summed E-state index contributed by atoms with van der Waals surface area (Å²) in [6.07, 6.45) is 1.40. The highest BCUT2D eigenvalue weighted by Gasteiger charge is 2.21. The number of carbonyl (C=O) groups is 2. The number of aromatic nitrogens is 1. The molecule has 7 nitrogen and oxygen atoms in total. The summed E-state index contributed by atoms with van der Waals surface area (Å²) in [5, 5.41) is 8.07. The largest absolute Gasteiger partial charge is 0.422 e. The molecule has 0 aliphatic carbocycles. The number of carbonyl (C=O) groups excluding carboxylic acids is 2. The number of ether oxygens (including phenoxy) is 1. The van der Waals surface area contributed by atoms with E-state index < -0.39 is 11.9 Å². The number of esters is 1. The highest BCUT2D eigenvalue weighted by molar-refractivity contribution is 9.10. The number of nitrogens with zero attached hydrogens (tertiary/aromatic N) is 2. The molecule has 0 aliphatic heterocycles. The van der Waals surface area contributed by atoms with Gasteiger partial charge in [0.25, 0.3) is 5.91 Å². The monoisotopic (exact) mass is 581 g/mol. The lowest BCUT2D eigenvalue weighted by Crippen LogP contribution is -2.19. The zero-order valence-corrected chi connectivity index (χ0v) is 21.0. The first-order chi connectivity index (χ1) is 16.4. The van der Waals surface area contributed by atoms with E-state index >= 15 is 0 Å². The summed E-state index contributed by atoms with van der Waals surface area (Å²) in [5.74, 6) is -0.322. The van der Waals surface area contributed by atoms with E-state index in [4.69, 9.17) is 9.26 Å². The van der Waals surface area contributed by atoms with Crippen LogP contribution in [0.3, 0.4) is 0 Å². The Hall–Kier alpha value is -3.56. The number of hydrogen-bond acceptors (Lipinski definition) is 6. The van der Waals surface area contributed by atoms with E-state index in [1.807, 2.05) is 30.3 Å². The van der Waals surface area contributed by atoms with Crippen molar-refractivity contribution < 1.29 is 18.8 Å². The Bertz CT molecular complexity index is 1370. The lowest BCUT2D eigenvalue weighted by molar-refractivity contribution is 0.0734. The van der Waals surface area contributed by atoms with E-state index in [2.05, 4.69) is 47.5 Å². The molecule has 1 aromatic heterocycles. The summed E-state index contributed by atoms with van der Waals surface area (Å²) in [5.41, 5.74) is 4.86. The molecular weight excluding hydrogens is 566 g/mol. The Balaban J connectivity index is 1.52. The van der Waals surface area contributed by atoms with Crippen LogP contribution < -0.4 is 10.2 Å². The highest BCUT2D eigenvalue weighted by atomic mass is 79.9. The van der Waals surface area contributed by atoms with Crippen LogP contribution >= 0.6 is 31.9 Å². The van der Waals surface area contributed by atoms with Crippen LogP contribution in [0, 0.1) is 6.92 Å². The van der Waals surface area contributed by atoms with Gasteiger partial charge in [0, 0.05) is 20.1 Å². The second-order valence-corrected chi connectivity index (χ2v) is 8.94. The molecule has 0 spiro atoms. The molecule has 0 radical (unpaired) electrons. The fourth-order valence-electron chi connectivity index (χ4n) is 3.11. The number of nitrogens with one attached hydrogen (secondary N) is 1. The molecule has 170 valence electrons. The summed E-state index contributed by atoms with van der Waals surface area (Å²) >= 11 is 6.74. The lowest BCUT2D eigenvalue weighted by Gasteiger charge is -2.08. The van der Waals surface area contributed by atoms with Gasteiger partial charge in [0.05, 0.1) is 11.8 Å².